The normalized spacial score (nSPS) is 13.8. The summed E-state index contributed by atoms with van der Waals surface area (Å²) in [6, 6.07) is 0. The second kappa shape index (κ2) is 72.4. The van der Waals surface area contributed by atoms with E-state index in [2.05, 4.69) is 27.7 Å². The van der Waals surface area contributed by atoms with Gasteiger partial charge in [0.25, 0.3) is 0 Å². The van der Waals surface area contributed by atoms with E-state index in [0.29, 0.717) is 25.7 Å². The van der Waals surface area contributed by atoms with Gasteiger partial charge in [0.05, 0.1) is 26.4 Å². The maximum absolute atomic E-state index is 13.1. The van der Waals surface area contributed by atoms with Crippen molar-refractivity contribution < 1.29 is 80.2 Å². The third kappa shape index (κ3) is 72.2. The smallest absolute Gasteiger partial charge is 0.462 e. The van der Waals surface area contributed by atoms with E-state index in [9.17, 15) is 43.2 Å². The molecule has 19 heteroatoms. The fourth-order valence-electron chi connectivity index (χ4n) is 12.1. The molecular formula is C78H152O17P2. The zero-order valence-electron chi connectivity index (χ0n) is 63.1. The van der Waals surface area contributed by atoms with Gasteiger partial charge in [-0.2, -0.15) is 0 Å². The van der Waals surface area contributed by atoms with E-state index < -0.39 is 97.5 Å². The Labute approximate surface area is 594 Å². The van der Waals surface area contributed by atoms with Gasteiger partial charge >= 0.3 is 39.5 Å². The number of phosphoric acid groups is 2. The Hall–Kier alpha value is -1.94. The Balaban J connectivity index is 5.19. The first-order chi connectivity index (χ1) is 47.2. The molecule has 17 nitrogen and oxygen atoms in total. The predicted octanol–water partition coefficient (Wildman–Crippen LogP) is 23.4. The largest absolute Gasteiger partial charge is 0.472 e. The topological polar surface area (TPSA) is 237 Å². The minimum Gasteiger partial charge on any atom is -0.462 e. The van der Waals surface area contributed by atoms with Crippen molar-refractivity contribution in [1.29, 1.82) is 0 Å². The van der Waals surface area contributed by atoms with Crippen LogP contribution in [0, 0.1) is 0 Å². The fraction of sp³-hybridized carbons (Fsp3) is 0.949. The number of esters is 4. The Morgan fingerprint density at radius 2 is 0.412 bits per heavy atom. The molecule has 0 aliphatic heterocycles. The van der Waals surface area contributed by atoms with Gasteiger partial charge in [0.1, 0.15) is 19.3 Å². The van der Waals surface area contributed by atoms with Crippen LogP contribution in [0.15, 0.2) is 0 Å². The lowest BCUT2D eigenvalue weighted by Crippen LogP contribution is -2.30. The number of phosphoric ester groups is 2. The summed E-state index contributed by atoms with van der Waals surface area (Å²) in [5.74, 6) is -2.11. The third-order valence-corrected chi connectivity index (χ3v) is 20.3. The molecule has 5 atom stereocenters. The van der Waals surface area contributed by atoms with Gasteiger partial charge in [-0.05, 0) is 25.7 Å². The minimum atomic E-state index is -4.96. The lowest BCUT2D eigenvalue weighted by molar-refractivity contribution is -0.161. The molecule has 0 aliphatic carbocycles. The molecular weight excluding hydrogens is 1270 g/mol. The van der Waals surface area contributed by atoms with Crippen LogP contribution in [0.25, 0.3) is 0 Å². The van der Waals surface area contributed by atoms with Crippen molar-refractivity contribution >= 4 is 39.5 Å². The predicted molar refractivity (Wildman–Crippen MR) is 395 cm³/mol. The molecule has 97 heavy (non-hydrogen) atoms. The van der Waals surface area contributed by atoms with E-state index in [-0.39, 0.29) is 25.7 Å². The molecule has 0 aliphatic rings. The van der Waals surface area contributed by atoms with Crippen LogP contribution in [-0.4, -0.2) is 96.7 Å². The molecule has 0 bridgehead atoms. The number of ether oxygens (including phenoxy) is 4. The van der Waals surface area contributed by atoms with Crippen molar-refractivity contribution in [3.05, 3.63) is 0 Å². The number of carbonyl (C=O) groups is 4. The summed E-state index contributed by atoms with van der Waals surface area (Å²) in [5, 5.41) is 10.6. The highest BCUT2D eigenvalue weighted by Crippen LogP contribution is 2.45. The molecule has 0 fully saturated rings. The highest BCUT2D eigenvalue weighted by Gasteiger charge is 2.30. The fourth-order valence-corrected chi connectivity index (χ4v) is 13.7. The van der Waals surface area contributed by atoms with Crippen LogP contribution in [0.2, 0.25) is 0 Å². The van der Waals surface area contributed by atoms with Crippen LogP contribution < -0.4 is 0 Å². The molecule has 0 aromatic carbocycles. The quantitative estimate of drug-likeness (QED) is 0.0222. The maximum atomic E-state index is 13.1. The molecule has 2 unspecified atom stereocenters. The Bertz CT molecular complexity index is 1840. The zero-order valence-corrected chi connectivity index (χ0v) is 64.8. The SMILES string of the molecule is CCCCCCCCCCCCCCCCCCCCCCCC(=O)O[C@H](COC(=O)CCCCCCCCCCCCCCCC)COP(=O)(O)OC[C@@H](O)COP(=O)(O)OC[C@@H](COC(=O)CCCCCCCCCCC)OC(=O)CCCCCCCCCCCCCCC. The van der Waals surface area contributed by atoms with Crippen LogP contribution in [0.1, 0.15) is 419 Å². The van der Waals surface area contributed by atoms with Gasteiger partial charge in [-0.3, -0.25) is 37.3 Å². The highest BCUT2D eigenvalue weighted by atomic mass is 31.2. The monoisotopic (exact) mass is 1420 g/mol. The first-order valence-corrected chi connectivity index (χ1v) is 43.8. The molecule has 0 saturated carbocycles. The molecule has 0 amide bonds. The summed E-state index contributed by atoms with van der Waals surface area (Å²) in [7, 11) is -9.91. The number of rotatable bonds is 79. The maximum Gasteiger partial charge on any atom is 0.472 e. The number of aliphatic hydroxyl groups is 1. The van der Waals surface area contributed by atoms with Crippen molar-refractivity contribution in [2.24, 2.45) is 0 Å². The van der Waals surface area contributed by atoms with Gasteiger partial charge in [0, 0.05) is 25.7 Å². The molecule has 0 rings (SSSR count). The van der Waals surface area contributed by atoms with Gasteiger partial charge in [-0.1, -0.05) is 368 Å². The van der Waals surface area contributed by atoms with E-state index in [1.165, 1.54) is 250 Å². The summed E-state index contributed by atoms with van der Waals surface area (Å²) in [5.41, 5.74) is 0. The zero-order chi connectivity index (χ0) is 71.1. The Morgan fingerprint density at radius 3 is 0.608 bits per heavy atom. The van der Waals surface area contributed by atoms with E-state index in [1.807, 2.05) is 0 Å². The second-order valence-electron chi connectivity index (χ2n) is 28.1. The third-order valence-electron chi connectivity index (χ3n) is 18.4. The number of carbonyl (C=O) groups excluding carboxylic acids is 4. The van der Waals surface area contributed by atoms with Crippen molar-refractivity contribution in [2.45, 2.75) is 438 Å². The number of aliphatic hydroxyl groups excluding tert-OH is 1. The summed E-state index contributed by atoms with van der Waals surface area (Å²) >= 11 is 0. The van der Waals surface area contributed by atoms with Gasteiger partial charge in [0.15, 0.2) is 12.2 Å². The standard InChI is InChI=1S/C78H152O17P2/c1-5-9-13-17-21-25-28-31-33-34-35-36-37-38-39-42-45-49-53-57-61-65-78(83)95-74(69-89-76(81)63-59-55-51-47-43-41-32-29-26-22-18-14-10-6-2)71-93-97(86,87)91-67-72(79)66-90-96(84,85)92-70-73(68-88-75(80)62-58-54-50-46-24-20-16-12-8-4)94-77(82)64-60-56-52-48-44-40-30-27-23-19-15-11-7-3/h72-74,79H,5-71H2,1-4H3,(H,84,85)(H,86,87)/t72-,73+,74+/m0/s1. The first kappa shape index (κ1) is 95.1. The van der Waals surface area contributed by atoms with Crippen LogP contribution in [0.3, 0.4) is 0 Å². The van der Waals surface area contributed by atoms with Gasteiger partial charge in [-0.25, -0.2) is 9.13 Å². The molecule has 0 aromatic heterocycles. The van der Waals surface area contributed by atoms with Gasteiger partial charge < -0.3 is 33.8 Å². The number of hydrogen-bond donors (Lipinski definition) is 3. The average Bonchev–Trinajstić information content (AvgIpc) is 1.99. The molecule has 0 spiro atoms. The van der Waals surface area contributed by atoms with Crippen molar-refractivity contribution in [3.8, 4) is 0 Å². The summed E-state index contributed by atoms with van der Waals surface area (Å²) in [6.45, 7) is 4.99. The van der Waals surface area contributed by atoms with E-state index in [0.717, 1.165) is 89.9 Å². The van der Waals surface area contributed by atoms with Crippen molar-refractivity contribution in [2.75, 3.05) is 39.6 Å². The van der Waals surface area contributed by atoms with Crippen LogP contribution in [0.4, 0.5) is 0 Å². The Morgan fingerprint density at radius 1 is 0.247 bits per heavy atom. The molecule has 3 N–H and O–H groups in total. The lowest BCUT2D eigenvalue weighted by atomic mass is 10.0. The van der Waals surface area contributed by atoms with Gasteiger partial charge in [0.2, 0.25) is 0 Å². The first-order valence-electron chi connectivity index (χ1n) is 40.8. The molecule has 0 radical (unpaired) electrons. The van der Waals surface area contributed by atoms with Crippen molar-refractivity contribution in [3.63, 3.8) is 0 Å². The van der Waals surface area contributed by atoms with Crippen LogP contribution in [0.5, 0.6) is 0 Å². The highest BCUT2D eigenvalue weighted by molar-refractivity contribution is 7.47. The van der Waals surface area contributed by atoms with Gasteiger partial charge in [-0.15, -0.1) is 0 Å². The second-order valence-corrected chi connectivity index (χ2v) is 31.0. The summed E-state index contributed by atoms with van der Waals surface area (Å²) < 4.78 is 68.6. The van der Waals surface area contributed by atoms with Crippen LogP contribution in [-0.2, 0) is 65.4 Å². The molecule has 0 heterocycles. The Kier molecular flexibility index (Phi) is 71.0. The minimum absolute atomic E-state index is 0.108. The summed E-state index contributed by atoms with van der Waals surface area (Å²) in [6.07, 6.45) is 63.8. The molecule has 0 saturated heterocycles. The lowest BCUT2D eigenvalue weighted by Gasteiger charge is -2.21. The molecule has 0 aromatic rings. The van der Waals surface area contributed by atoms with Crippen molar-refractivity contribution in [1.82, 2.24) is 0 Å². The van der Waals surface area contributed by atoms with E-state index >= 15 is 0 Å². The van der Waals surface area contributed by atoms with E-state index in [4.69, 9.17) is 37.0 Å². The van der Waals surface area contributed by atoms with Crippen LogP contribution >= 0.6 is 15.6 Å². The molecule has 576 valence electrons. The number of unbranched alkanes of at least 4 members (excludes halogenated alkanes) is 53. The number of hydrogen-bond acceptors (Lipinski definition) is 15. The van der Waals surface area contributed by atoms with E-state index in [1.54, 1.807) is 0 Å². The summed E-state index contributed by atoms with van der Waals surface area (Å²) in [4.78, 5) is 72.8. The average molecular weight is 1420 g/mol.